The summed E-state index contributed by atoms with van der Waals surface area (Å²) in [6, 6.07) is 0.00366. The molecular formula is C16H16F5N5OS. The Morgan fingerprint density at radius 3 is 2.57 bits per heavy atom. The number of hydrogen-bond donors (Lipinski definition) is 2. The third-order valence-corrected chi connectivity index (χ3v) is 5.23. The van der Waals surface area contributed by atoms with Crippen LogP contribution < -0.4 is 10.7 Å². The normalized spacial score (nSPS) is 25.3. The third kappa shape index (κ3) is 3.78. The van der Waals surface area contributed by atoms with Gasteiger partial charge < -0.3 is 15.2 Å². The zero-order valence-electron chi connectivity index (χ0n) is 14.7. The minimum Gasteiger partial charge on any atom is -0.368 e. The predicted molar refractivity (Wildman–Crippen MR) is 93.8 cm³/mol. The number of alkyl halides is 3. The minimum absolute atomic E-state index is 0.211. The van der Waals surface area contributed by atoms with Gasteiger partial charge in [-0.05, 0) is 18.2 Å². The van der Waals surface area contributed by atoms with E-state index in [9.17, 15) is 26.7 Å². The van der Waals surface area contributed by atoms with Crippen LogP contribution in [0.15, 0.2) is 23.9 Å². The molecule has 3 rings (SSSR count). The lowest BCUT2D eigenvalue weighted by Crippen LogP contribution is -2.44. The molecule has 12 heteroatoms. The van der Waals surface area contributed by atoms with Crippen molar-refractivity contribution in [2.45, 2.75) is 12.2 Å². The Balaban J connectivity index is 1.87. The molecule has 1 aromatic rings. The van der Waals surface area contributed by atoms with Gasteiger partial charge in [-0.1, -0.05) is 12.2 Å². The second-order valence-electron chi connectivity index (χ2n) is 6.56. The van der Waals surface area contributed by atoms with Crippen LogP contribution >= 0.6 is 12.2 Å². The van der Waals surface area contributed by atoms with Crippen molar-refractivity contribution in [1.29, 1.82) is 0 Å². The standard InChI is InChI=1S/C16H16F5N5OS/c1-25-6-7(9-5-10(16(19,20)21)24-26(9)2)12(15(25)28)14(27)22-8-3-4-11(17)23-13(8)18/h3-5,7,10,12,24H,6H2,1-2H3,(H,22,27)/t7-,10?,12+/m1/s1. The molecule has 0 bridgehead atoms. The summed E-state index contributed by atoms with van der Waals surface area (Å²) < 4.78 is 65.8. The molecule has 0 saturated carbocycles. The van der Waals surface area contributed by atoms with Crippen molar-refractivity contribution < 1.29 is 26.7 Å². The van der Waals surface area contributed by atoms with E-state index in [4.69, 9.17) is 12.2 Å². The van der Waals surface area contributed by atoms with E-state index in [2.05, 4.69) is 15.7 Å². The number of halogens is 5. The van der Waals surface area contributed by atoms with Gasteiger partial charge in [0.1, 0.15) is 6.04 Å². The monoisotopic (exact) mass is 421 g/mol. The number of carbonyl (C=O) groups is 1. The Morgan fingerprint density at radius 2 is 2.00 bits per heavy atom. The summed E-state index contributed by atoms with van der Waals surface area (Å²) in [5.41, 5.74) is 2.20. The van der Waals surface area contributed by atoms with Crippen LogP contribution in [0.25, 0.3) is 0 Å². The van der Waals surface area contributed by atoms with E-state index >= 15 is 0 Å². The van der Waals surface area contributed by atoms with E-state index in [0.29, 0.717) is 0 Å². The molecule has 1 saturated heterocycles. The zero-order chi connectivity index (χ0) is 20.8. The summed E-state index contributed by atoms with van der Waals surface area (Å²) in [4.78, 5) is 17.5. The first-order chi connectivity index (χ1) is 13.0. The first-order valence-corrected chi connectivity index (χ1v) is 8.56. The third-order valence-electron chi connectivity index (χ3n) is 4.66. The molecule has 0 aromatic carbocycles. The average Bonchev–Trinajstić information content (AvgIpc) is 3.10. The number of hydrogen-bond acceptors (Lipinski definition) is 5. The Labute approximate surface area is 162 Å². The lowest BCUT2D eigenvalue weighted by atomic mass is 9.91. The molecule has 2 aliphatic rings. The minimum atomic E-state index is -4.50. The van der Waals surface area contributed by atoms with Crippen molar-refractivity contribution in [2.75, 3.05) is 26.0 Å². The molecule has 28 heavy (non-hydrogen) atoms. The number of anilines is 1. The molecule has 1 amide bonds. The van der Waals surface area contributed by atoms with Crippen LogP contribution in [0, 0.1) is 23.7 Å². The van der Waals surface area contributed by atoms with E-state index in [-0.39, 0.29) is 22.9 Å². The molecule has 6 nitrogen and oxygen atoms in total. The fourth-order valence-corrected chi connectivity index (χ4v) is 3.66. The highest BCUT2D eigenvalue weighted by Crippen LogP contribution is 2.37. The lowest BCUT2D eigenvalue weighted by Gasteiger charge is -2.25. The van der Waals surface area contributed by atoms with Crippen molar-refractivity contribution >= 4 is 28.8 Å². The topological polar surface area (TPSA) is 60.5 Å². The highest BCUT2D eigenvalue weighted by Gasteiger charge is 2.48. The second-order valence-corrected chi connectivity index (χ2v) is 6.98. The summed E-state index contributed by atoms with van der Waals surface area (Å²) in [5, 5.41) is 3.51. The molecule has 0 radical (unpaired) electrons. The number of amides is 1. The van der Waals surface area contributed by atoms with Gasteiger partial charge in [0.05, 0.1) is 16.6 Å². The smallest absolute Gasteiger partial charge is 0.368 e. The molecule has 0 spiro atoms. The van der Waals surface area contributed by atoms with E-state index < -0.39 is 41.9 Å². The number of thiocarbonyl (C=S) groups is 1. The van der Waals surface area contributed by atoms with E-state index in [0.717, 1.165) is 18.2 Å². The molecule has 1 aromatic heterocycles. The van der Waals surface area contributed by atoms with Crippen LogP contribution in [0.1, 0.15) is 0 Å². The lowest BCUT2D eigenvalue weighted by molar-refractivity contribution is -0.149. The number of aromatic nitrogens is 1. The summed E-state index contributed by atoms with van der Waals surface area (Å²) in [6.07, 6.45) is -3.49. The molecular weight excluding hydrogens is 405 g/mol. The molecule has 2 N–H and O–H groups in total. The first-order valence-electron chi connectivity index (χ1n) is 8.15. The van der Waals surface area contributed by atoms with Crippen LogP contribution in [0.3, 0.4) is 0 Å². The Bertz CT molecular complexity index is 845. The van der Waals surface area contributed by atoms with Crippen LogP contribution in [0.5, 0.6) is 0 Å². The van der Waals surface area contributed by atoms with Gasteiger partial charge >= 0.3 is 6.18 Å². The van der Waals surface area contributed by atoms with Gasteiger partial charge in [0.25, 0.3) is 0 Å². The average molecular weight is 421 g/mol. The quantitative estimate of drug-likeness (QED) is 0.443. The SMILES string of the molecule is CN1C[C@H](C2=CC(C(F)(F)F)NN2C)[C@@H](C(=O)Nc2ccc(F)nc2F)C1=S. The van der Waals surface area contributed by atoms with Crippen LogP contribution in [-0.2, 0) is 4.79 Å². The maximum absolute atomic E-state index is 13.8. The van der Waals surface area contributed by atoms with E-state index in [1.807, 2.05) is 0 Å². The number of nitrogens with zero attached hydrogens (tertiary/aromatic N) is 3. The van der Waals surface area contributed by atoms with Crippen molar-refractivity contribution in [2.24, 2.45) is 11.8 Å². The molecule has 3 heterocycles. The van der Waals surface area contributed by atoms with Crippen LogP contribution in [0.4, 0.5) is 27.6 Å². The van der Waals surface area contributed by atoms with Crippen LogP contribution in [-0.4, -0.2) is 58.6 Å². The highest BCUT2D eigenvalue weighted by atomic mass is 32.1. The fraction of sp³-hybridized carbons (Fsp3) is 0.438. The summed E-state index contributed by atoms with van der Waals surface area (Å²) in [6.45, 7) is 0.212. The van der Waals surface area contributed by atoms with Gasteiger partial charge in [-0.25, -0.2) is 5.43 Å². The molecule has 2 aliphatic heterocycles. The Kier molecular flexibility index (Phi) is 5.28. The van der Waals surface area contributed by atoms with Gasteiger partial charge in [-0.3, -0.25) is 4.79 Å². The van der Waals surface area contributed by atoms with Crippen molar-refractivity contribution in [1.82, 2.24) is 20.3 Å². The number of rotatable bonds is 3. The molecule has 152 valence electrons. The van der Waals surface area contributed by atoms with Gasteiger partial charge in [-0.15, -0.1) is 0 Å². The fourth-order valence-electron chi connectivity index (χ4n) is 3.32. The molecule has 0 aliphatic carbocycles. The maximum atomic E-state index is 13.8. The van der Waals surface area contributed by atoms with Crippen LogP contribution in [0.2, 0.25) is 0 Å². The highest BCUT2D eigenvalue weighted by molar-refractivity contribution is 7.80. The summed E-state index contributed by atoms with van der Waals surface area (Å²) >= 11 is 5.27. The molecule has 3 atom stereocenters. The zero-order valence-corrected chi connectivity index (χ0v) is 15.5. The van der Waals surface area contributed by atoms with Gasteiger partial charge in [0.15, 0.2) is 0 Å². The molecule has 1 fully saturated rings. The number of hydrazine groups is 1. The van der Waals surface area contributed by atoms with E-state index in [1.165, 1.54) is 12.1 Å². The Hall–Kier alpha value is -2.34. The van der Waals surface area contributed by atoms with Crippen molar-refractivity contribution in [3.05, 3.63) is 35.8 Å². The van der Waals surface area contributed by atoms with Crippen molar-refractivity contribution in [3.63, 3.8) is 0 Å². The summed E-state index contributed by atoms with van der Waals surface area (Å²) in [5.74, 6) is -4.66. The largest absolute Gasteiger partial charge is 0.409 e. The maximum Gasteiger partial charge on any atom is 0.409 e. The van der Waals surface area contributed by atoms with Gasteiger partial charge in [0, 0.05) is 32.3 Å². The number of likely N-dealkylation sites (tertiary alicyclic amines) is 1. The molecule has 1 unspecified atom stereocenters. The first kappa shape index (κ1) is 20.4. The number of carbonyl (C=O) groups excluding carboxylic acids is 1. The predicted octanol–water partition coefficient (Wildman–Crippen LogP) is 2.07. The number of pyridine rings is 1. The van der Waals surface area contributed by atoms with E-state index in [1.54, 1.807) is 11.9 Å². The number of nitrogens with one attached hydrogen (secondary N) is 2. The second kappa shape index (κ2) is 7.24. The van der Waals surface area contributed by atoms with Gasteiger partial charge in [-0.2, -0.15) is 26.9 Å². The van der Waals surface area contributed by atoms with Crippen molar-refractivity contribution in [3.8, 4) is 0 Å². The van der Waals surface area contributed by atoms with Gasteiger partial charge in [0.2, 0.25) is 17.8 Å². The Morgan fingerprint density at radius 1 is 1.32 bits per heavy atom. The summed E-state index contributed by atoms with van der Waals surface area (Å²) in [7, 11) is 3.03.